The van der Waals surface area contributed by atoms with E-state index >= 15 is 0 Å². The molecule has 2 saturated carbocycles. The number of allylic oxidation sites excluding steroid dienone is 4. The molecule has 5 unspecified atom stereocenters. The van der Waals surface area contributed by atoms with Crippen LogP contribution in [0, 0.1) is 30.6 Å². The zero-order valence-electron chi connectivity index (χ0n) is 37.2. The molecule has 6 aliphatic rings. The van der Waals surface area contributed by atoms with Gasteiger partial charge in [-0.2, -0.15) is 0 Å². The fourth-order valence-corrected chi connectivity index (χ4v) is 14.4. The lowest BCUT2D eigenvalue weighted by Gasteiger charge is -2.54. The normalized spacial score (nSPS) is 25.4. The van der Waals surface area contributed by atoms with E-state index in [2.05, 4.69) is 187 Å². The van der Waals surface area contributed by atoms with E-state index in [4.69, 9.17) is 0 Å². The van der Waals surface area contributed by atoms with Gasteiger partial charge in [0.1, 0.15) is 0 Å². The highest BCUT2D eigenvalue weighted by Crippen LogP contribution is 2.65. The van der Waals surface area contributed by atoms with Gasteiger partial charge in [-0.3, -0.25) is 0 Å². The van der Waals surface area contributed by atoms with Crippen molar-refractivity contribution >= 4 is 22.6 Å². The molecule has 6 aromatic rings. The SMILES string of the molecule is Cc1cccc2c1-c1ccc(-c3ccc(N(c4ccc5c(c4)C(C)(C)C4=C5C=CCC4)c4ccc5c(c4)C(C)(C)c4ccccc4-5)cc3)cc1C21C(C)CC2CC(C)CC1C2. The van der Waals surface area contributed by atoms with E-state index in [1.54, 1.807) is 16.7 Å². The summed E-state index contributed by atoms with van der Waals surface area (Å²) in [7, 11) is 0. The van der Waals surface area contributed by atoms with Gasteiger partial charge in [0.15, 0.2) is 0 Å². The third-order valence-corrected chi connectivity index (χ3v) is 17.0. The zero-order chi connectivity index (χ0) is 41.6. The molecule has 0 N–H and O–H groups in total. The molecule has 12 rings (SSSR count). The largest absolute Gasteiger partial charge is 0.310 e. The lowest BCUT2D eigenvalue weighted by Crippen LogP contribution is -2.49. The van der Waals surface area contributed by atoms with Crippen LogP contribution < -0.4 is 4.90 Å². The van der Waals surface area contributed by atoms with Crippen molar-refractivity contribution in [3.8, 4) is 33.4 Å². The van der Waals surface area contributed by atoms with Gasteiger partial charge >= 0.3 is 0 Å². The smallest absolute Gasteiger partial charge is 0.0465 e. The molecule has 6 aliphatic carbocycles. The highest BCUT2D eigenvalue weighted by Gasteiger charge is 2.57. The third-order valence-electron chi connectivity index (χ3n) is 17.0. The van der Waals surface area contributed by atoms with Gasteiger partial charge in [0, 0.05) is 33.3 Å². The molecule has 5 atom stereocenters. The molecule has 1 nitrogen and oxygen atoms in total. The van der Waals surface area contributed by atoms with Crippen molar-refractivity contribution in [1.82, 2.24) is 0 Å². The number of benzene rings is 6. The van der Waals surface area contributed by atoms with Gasteiger partial charge < -0.3 is 4.90 Å². The van der Waals surface area contributed by atoms with Crippen molar-refractivity contribution in [3.05, 3.63) is 178 Å². The molecule has 6 aromatic carbocycles. The van der Waals surface area contributed by atoms with Crippen molar-refractivity contribution in [1.29, 1.82) is 0 Å². The maximum absolute atomic E-state index is 2.63. The minimum Gasteiger partial charge on any atom is -0.310 e. The monoisotopic (exact) mass is 793 g/mol. The summed E-state index contributed by atoms with van der Waals surface area (Å²) < 4.78 is 0. The molecule has 0 radical (unpaired) electrons. The van der Waals surface area contributed by atoms with Crippen molar-refractivity contribution in [2.24, 2.45) is 23.7 Å². The average Bonchev–Trinajstić information content (AvgIpc) is 3.78. The summed E-state index contributed by atoms with van der Waals surface area (Å²) in [5, 5.41) is 0. The first-order valence-electron chi connectivity index (χ1n) is 23.4. The van der Waals surface area contributed by atoms with Gasteiger partial charge in [0.2, 0.25) is 0 Å². The molecule has 0 amide bonds. The Morgan fingerprint density at radius 3 is 2.02 bits per heavy atom. The molecule has 61 heavy (non-hydrogen) atoms. The van der Waals surface area contributed by atoms with Gasteiger partial charge in [-0.15, -0.1) is 0 Å². The summed E-state index contributed by atoms with van der Waals surface area (Å²) in [6.45, 7) is 17.1. The van der Waals surface area contributed by atoms with Gasteiger partial charge in [-0.05, 0) is 189 Å². The van der Waals surface area contributed by atoms with Crippen LogP contribution in [0.25, 0.3) is 39.0 Å². The van der Waals surface area contributed by atoms with Crippen LogP contribution in [0.4, 0.5) is 17.1 Å². The Balaban J connectivity index is 0.979. The van der Waals surface area contributed by atoms with E-state index in [-0.39, 0.29) is 16.2 Å². The Kier molecular flexibility index (Phi) is 8.00. The average molecular weight is 794 g/mol. The molecular weight excluding hydrogens is 735 g/mol. The van der Waals surface area contributed by atoms with E-state index in [0.29, 0.717) is 11.8 Å². The maximum Gasteiger partial charge on any atom is 0.0465 e. The molecule has 304 valence electrons. The minimum absolute atomic E-state index is 0.00191. The number of rotatable bonds is 4. The van der Waals surface area contributed by atoms with Gasteiger partial charge in [0.05, 0.1) is 0 Å². The predicted octanol–water partition coefficient (Wildman–Crippen LogP) is 16.2. The minimum atomic E-state index is -0.0811. The topological polar surface area (TPSA) is 3.24 Å². The first-order valence-corrected chi connectivity index (χ1v) is 23.4. The first kappa shape index (κ1) is 37.4. The van der Waals surface area contributed by atoms with E-state index in [9.17, 15) is 0 Å². The summed E-state index contributed by atoms with van der Waals surface area (Å²) in [5.74, 6) is 2.98. The Hall–Kier alpha value is -5.40. The molecule has 0 heterocycles. The predicted molar refractivity (Wildman–Crippen MR) is 257 cm³/mol. The molecule has 2 bridgehead atoms. The third kappa shape index (κ3) is 5.13. The Morgan fingerprint density at radius 1 is 0.541 bits per heavy atom. The van der Waals surface area contributed by atoms with E-state index in [1.807, 2.05) is 0 Å². The Morgan fingerprint density at radius 2 is 1.21 bits per heavy atom. The van der Waals surface area contributed by atoms with Crippen molar-refractivity contribution in [2.45, 2.75) is 103 Å². The summed E-state index contributed by atoms with van der Waals surface area (Å²) in [6.07, 6.45) is 12.5. The van der Waals surface area contributed by atoms with E-state index in [0.717, 1.165) is 24.7 Å². The molecule has 0 aromatic heterocycles. The Bertz CT molecular complexity index is 2870. The van der Waals surface area contributed by atoms with Crippen molar-refractivity contribution < 1.29 is 0 Å². The summed E-state index contributed by atoms with van der Waals surface area (Å²) in [6, 6.07) is 47.7. The standard InChI is InChI=1S/C60H59N/c1-36-29-39-31-38(3)60(42(30-36)32-39)53-18-12-13-37(2)57(53)50-26-21-41(33-56(50)60)40-19-22-43(23-20-40)61(44-24-27-48-46-14-8-10-16-51(46)58(4,5)54(48)34-44)45-25-28-49-47-15-9-11-17-52(47)59(6,7)55(49)35-45/h8-10,12-16,18-28,33-36,38-39,42H,11,17,29-32H2,1-7H3. The lowest BCUT2D eigenvalue weighted by atomic mass is 9.49. The van der Waals surface area contributed by atoms with Crippen LogP contribution in [0.1, 0.15) is 119 Å². The van der Waals surface area contributed by atoms with Crippen LogP contribution >= 0.6 is 0 Å². The molecule has 1 heteroatoms. The number of hydrogen-bond donors (Lipinski definition) is 0. The maximum atomic E-state index is 2.63. The van der Waals surface area contributed by atoms with Crippen LogP contribution in [-0.2, 0) is 16.2 Å². The van der Waals surface area contributed by atoms with Gasteiger partial charge in [-0.25, -0.2) is 0 Å². The highest BCUT2D eigenvalue weighted by atomic mass is 15.1. The highest BCUT2D eigenvalue weighted by molar-refractivity contribution is 5.91. The second kappa shape index (κ2) is 13.1. The summed E-state index contributed by atoms with van der Waals surface area (Å²) in [4.78, 5) is 2.52. The zero-order valence-corrected chi connectivity index (χ0v) is 37.2. The first-order chi connectivity index (χ1) is 29.5. The van der Waals surface area contributed by atoms with Crippen LogP contribution in [0.15, 0.2) is 139 Å². The van der Waals surface area contributed by atoms with E-state index in [1.165, 1.54) is 110 Å². The number of fused-ring (bicyclic) bond motifs is 13. The molecule has 0 saturated heterocycles. The van der Waals surface area contributed by atoms with E-state index < -0.39 is 0 Å². The second-order valence-corrected chi connectivity index (χ2v) is 21.1. The van der Waals surface area contributed by atoms with Gasteiger partial charge in [-0.1, -0.05) is 138 Å². The second-order valence-electron chi connectivity index (χ2n) is 21.1. The number of aryl methyl sites for hydroxylation is 1. The number of anilines is 3. The van der Waals surface area contributed by atoms with Crippen LogP contribution in [0.2, 0.25) is 0 Å². The van der Waals surface area contributed by atoms with Gasteiger partial charge in [0.25, 0.3) is 0 Å². The van der Waals surface area contributed by atoms with Crippen LogP contribution in [0.3, 0.4) is 0 Å². The fourth-order valence-electron chi connectivity index (χ4n) is 14.4. The van der Waals surface area contributed by atoms with Crippen molar-refractivity contribution in [2.75, 3.05) is 4.90 Å². The lowest BCUT2D eigenvalue weighted by molar-refractivity contribution is 0.0426. The summed E-state index contributed by atoms with van der Waals surface area (Å²) in [5.41, 5.74) is 25.3. The molecule has 1 spiro atoms. The van der Waals surface area contributed by atoms with Crippen LogP contribution in [-0.4, -0.2) is 0 Å². The molecule has 0 aliphatic heterocycles. The fraction of sp³-hybridized carbons (Fsp3) is 0.333. The number of hydrogen-bond acceptors (Lipinski definition) is 1. The van der Waals surface area contributed by atoms with Crippen molar-refractivity contribution in [3.63, 3.8) is 0 Å². The Labute approximate surface area is 364 Å². The quantitative estimate of drug-likeness (QED) is 0.172. The number of nitrogens with zero attached hydrogens (tertiary/aromatic N) is 1. The molecular formula is C60H59N. The molecule has 2 fully saturated rings. The summed E-state index contributed by atoms with van der Waals surface area (Å²) >= 11 is 0. The van der Waals surface area contributed by atoms with Crippen LogP contribution in [0.5, 0.6) is 0 Å².